The minimum atomic E-state index is -1.34. The normalized spacial score (nSPS) is 18.0. The summed E-state index contributed by atoms with van der Waals surface area (Å²) in [5.74, 6) is -3.20. The van der Waals surface area contributed by atoms with Crippen LogP contribution in [0.5, 0.6) is 0 Å². The fourth-order valence-electron chi connectivity index (χ4n) is 4.88. The maximum atomic E-state index is 12.5. The van der Waals surface area contributed by atoms with Crippen LogP contribution < -0.4 is 0 Å². The number of imide groups is 2. The Hall–Kier alpha value is -3.80. The van der Waals surface area contributed by atoms with Gasteiger partial charge in [0.2, 0.25) is 5.91 Å². The van der Waals surface area contributed by atoms with Crippen LogP contribution in [0, 0.1) is 5.41 Å². The number of carbonyl (C=O) groups excluding carboxylic acids is 6. The van der Waals surface area contributed by atoms with Crippen LogP contribution in [-0.4, -0.2) is 153 Å². The topological polar surface area (TPSA) is 188 Å². The van der Waals surface area contributed by atoms with Crippen LogP contribution in [0.1, 0.15) is 27.2 Å². The van der Waals surface area contributed by atoms with Crippen LogP contribution in [-0.2, 0) is 57.2 Å². The van der Waals surface area contributed by atoms with Crippen molar-refractivity contribution >= 4 is 35.5 Å². The van der Waals surface area contributed by atoms with E-state index in [1.165, 1.54) is 12.2 Å². The van der Waals surface area contributed by atoms with E-state index < -0.39 is 46.8 Å². The molecule has 5 amide bonds. The Morgan fingerprint density at radius 1 is 0.625 bits per heavy atom. The van der Waals surface area contributed by atoms with Crippen LogP contribution in [0.15, 0.2) is 36.5 Å². The van der Waals surface area contributed by atoms with Crippen LogP contribution in [0.3, 0.4) is 0 Å². The van der Waals surface area contributed by atoms with Crippen molar-refractivity contribution in [2.45, 2.75) is 39.0 Å². The molecule has 1 N–H and O–H groups in total. The molecule has 0 aliphatic carbocycles. The number of ether oxygens (including phenoxy) is 6. The van der Waals surface area contributed by atoms with Crippen LogP contribution in [0.25, 0.3) is 0 Å². The highest BCUT2D eigenvalue weighted by Gasteiger charge is 2.45. The molecule has 0 aromatic carbocycles. The molecule has 0 aromatic rings. The molecule has 3 heterocycles. The number of aliphatic hydroxyl groups excluding tert-OH is 1. The molecule has 48 heavy (non-hydrogen) atoms. The van der Waals surface area contributed by atoms with E-state index >= 15 is 0 Å². The van der Waals surface area contributed by atoms with Gasteiger partial charge in [-0.2, -0.15) is 0 Å². The molecule has 16 nitrogen and oxygen atoms in total. The maximum absolute atomic E-state index is 12.5. The molecular formula is C32H45N3O13. The van der Waals surface area contributed by atoms with Gasteiger partial charge in [-0.25, -0.2) is 0 Å². The summed E-state index contributed by atoms with van der Waals surface area (Å²) in [6.07, 6.45) is 5.78. The molecule has 0 aromatic heterocycles. The van der Waals surface area contributed by atoms with Gasteiger partial charge >= 0.3 is 5.97 Å². The predicted octanol–water partition coefficient (Wildman–Crippen LogP) is -0.646. The first kappa shape index (κ1) is 38.6. The number of hydrogen-bond donors (Lipinski definition) is 1. The molecule has 3 aliphatic rings. The average molecular weight is 680 g/mol. The molecule has 0 fully saturated rings. The first-order valence-corrected chi connectivity index (χ1v) is 15.6. The molecule has 0 saturated carbocycles. The fourth-order valence-corrected chi connectivity index (χ4v) is 4.88. The molecule has 1 atom stereocenters. The Balaban J connectivity index is 1.38. The summed E-state index contributed by atoms with van der Waals surface area (Å²) in [6.45, 7) is 6.78. The van der Waals surface area contributed by atoms with Gasteiger partial charge in [0.05, 0.1) is 72.5 Å². The first-order valence-electron chi connectivity index (χ1n) is 15.6. The van der Waals surface area contributed by atoms with Crippen molar-refractivity contribution in [3.8, 4) is 0 Å². The molecule has 0 bridgehead atoms. The minimum Gasteiger partial charge on any atom is -0.460 e. The van der Waals surface area contributed by atoms with E-state index in [4.69, 9.17) is 28.4 Å². The second kappa shape index (κ2) is 18.7. The summed E-state index contributed by atoms with van der Waals surface area (Å²) in [4.78, 5) is 77.1. The molecule has 3 rings (SSSR count). The lowest BCUT2D eigenvalue weighted by Crippen LogP contribution is -2.57. The third-order valence-electron chi connectivity index (χ3n) is 7.07. The van der Waals surface area contributed by atoms with Crippen molar-refractivity contribution in [2.24, 2.45) is 5.41 Å². The van der Waals surface area contributed by atoms with E-state index in [9.17, 15) is 33.9 Å². The smallest absolute Gasteiger partial charge is 0.308 e. The highest BCUT2D eigenvalue weighted by atomic mass is 16.6. The Morgan fingerprint density at radius 3 is 1.44 bits per heavy atom. The monoisotopic (exact) mass is 679 g/mol. The van der Waals surface area contributed by atoms with Gasteiger partial charge in [0, 0.05) is 55.4 Å². The van der Waals surface area contributed by atoms with E-state index in [2.05, 4.69) is 0 Å². The van der Waals surface area contributed by atoms with Gasteiger partial charge in [-0.15, -0.1) is 0 Å². The van der Waals surface area contributed by atoms with Crippen molar-refractivity contribution in [1.29, 1.82) is 0 Å². The largest absolute Gasteiger partial charge is 0.460 e. The summed E-state index contributed by atoms with van der Waals surface area (Å²) in [6, 6.07) is 0. The third kappa shape index (κ3) is 12.7. The van der Waals surface area contributed by atoms with E-state index in [0.717, 1.165) is 39.0 Å². The molecular weight excluding hydrogens is 634 g/mol. The Kier molecular flexibility index (Phi) is 15.0. The SMILES string of the molecule is CC(C)(C)OC(=O)CCOCCOCCOCCOCCOCC(CN1C(=O)C=CC1=O)(CN1C(=O)C=CC1=O)CN1C(=O)C=CC1O. The van der Waals surface area contributed by atoms with E-state index in [1.54, 1.807) is 20.8 Å². The van der Waals surface area contributed by atoms with Crippen molar-refractivity contribution in [2.75, 3.05) is 85.7 Å². The van der Waals surface area contributed by atoms with E-state index in [0.29, 0.717) is 33.0 Å². The van der Waals surface area contributed by atoms with Crippen LogP contribution >= 0.6 is 0 Å². The lowest BCUT2D eigenvalue weighted by atomic mass is 9.86. The van der Waals surface area contributed by atoms with Gasteiger partial charge in [0.15, 0.2) is 0 Å². The number of hydrogen-bond acceptors (Lipinski definition) is 13. The Labute approximate surface area is 279 Å². The van der Waals surface area contributed by atoms with E-state index in [-0.39, 0.29) is 65.1 Å². The highest BCUT2D eigenvalue weighted by molar-refractivity contribution is 6.13. The predicted molar refractivity (Wildman–Crippen MR) is 166 cm³/mol. The molecule has 266 valence electrons. The zero-order chi connectivity index (χ0) is 35.2. The quantitative estimate of drug-likeness (QED) is 0.0817. The number of aliphatic hydroxyl groups is 1. The summed E-state index contributed by atoms with van der Waals surface area (Å²) in [5.41, 5.74) is -1.87. The summed E-state index contributed by atoms with van der Waals surface area (Å²) >= 11 is 0. The van der Waals surface area contributed by atoms with Gasteiger partial charge in [0.25, 0.3) is 23.6 Å². The number of carbonyl (C=O) groups is 6. The maximum Gasteiger partial charge on any atom is 0.308 e. The van der Waals surface area contributed by atoms with Crippen LogP contribution in [0.2, 0.25) is 0 Å². The standard InChI is InChI=1S/C32H45N3O13/c1-31(2,3)48-30(42)10-11-43-12-13-44-14-15-45-16-17-46-18-19-47-23-32(20-33-24(36)4-5-25(33)37,21-34-26(38)6-7-27(34)39)22-35-28(40)8-9-29(35)41/h4-9,24,36H,10-23H2,1-3H3. The molecule has 3 aliphatic heterocycles. The number of esters is 1. The number of amides is 5. The number of rotatable bonds is 23. The average Bonchev–Trinajstić information content (AvgIpc) is 3.63. The lowest BCUT2D eigenvalue weighted by molar-refractivity contribution is -0.156. The summed E-state index contributed by atoms with van der Waals surface area (Å²) < 4.78 is 32.9. The van der Waals surface area contributed by atoms with Crippen molar-refractivity contribution in [3.63, 3.8) is 0 Å². The van der Waals surface area contributed by atoms with Gasteiger partial charge in [-0.05, 0) is 26.8 Å². The van der Waals surface area contributed by atoms with Gasteiger partial charge in [-0.1, -0.05) is 0 Å². The Morgan fingerprint density at radius 2 is 1.04 bits per heavy atom. The summed E-state index contributed by atoms with van der Waals surface area (Å²) in [7, 11) is 0. The van der Waals surface area contributed by atoms with Gasteiger partial charge in [0.1, 0.15) is 11.8 Å². The van der Waals surface area contributed by atoms with Gasteiger partial charge < -0.3 is 38.4 Å². The van der Waals surface area contributed by atoms with Gasteiger partial charge in [-0.3, -0.25) is 38.6 Å². The molecule has 0 saturated heterocycles. The zero-order valence-electron chi connectivity index (χ0n) is 27.6. The second-order valence-corrected chi connectivity index (χ2v) is 12.3. The first-order chi connectivity index (χ1) is 22.8. The second-order valence-electron chi connectivity index (χ2n) is 12.3. The lowest BCUT2D eigenvalue weighted by Gasteiger charge is -2.41. The van der Waals surface area contributed by atoms with Crippen molar-refractivity contribution in [3.05, 3.63) is 36.5 Å². The Bertz CT molecular complexity index is 1180. The van der Waals surface area contributed by atoms with E-state index in [1.807, 2.05) is 0 Å². The molecule has 1 unspecified atom stereocenters. The fraction of sp³-hybridized carbons (Fsp3) is 0.625. The molecule has 0 radical (unpaired) electrons. The third-order valence-corrected chi connectivity index (χ3v) is 7.07. The molecule has 16 heteroatoms. The summed E-state index contributed by atoms with van der Waals surface area (Å²) in [5, 5.41) is 10.4. The molecule has 0 spiro atoms. The zero-order valence-corrected chi connectivity index (χ0v) is 27.6. The van der Waals surface area contributed by atoms with Crippen LogP contribution in [0.4, 0.5) is 0 Å². The minimum absolute atomic E-state index is 0.0633. The van der Waals surface area contributed by atoms with Crippen molar-refractivity contribution in [1.82, 2.24) is 14.7 Å². The number of nitrogens with zero attached hydrogens (tertiary/aromatic N) is 3. The highest BCUT2D eigenvalue weighted by Crippen LogP contribution is 2.29. The van der Waals surface area contributed by atoms with Crippen molar-refractivity contribution < 1.29 is 62.3 Å².